The Morgan fingerprint density at radius 2 is 1.79 bits per heavy atom. The van der Waals surface area contributed by atoms with Crippen LogP contribution in [0.15, 0.2) is 59.4 Å². The predicted molar refractivity (Wildman–Crippen MR) is 109 cm³/mol. The monoisotopic (exact) mass is 417 g/mol. The van der Waals surface area contributed by atoms with Crippen molar-refractivity contribution in [2.75, 3.05) is 13.7 Å². The highest BCUT2D eigenvalue weighted by Gasteiger charge is 2.13. The van der Waals surface area contributed by atoms with Gasteiger partial charge in [0.1, 0.15) is 5.75 Å². The summed E-state index contributed by atoms with van der Waals surface area (Å²) in [6.07, 6.45) is 0. The Kier molecular flexibility index (Phi) is 6.34. The van der Waals surface area contributed by atoms with Crippen molar-refractivity contribution in [2.24, 2.45) is 0 Å². The average molecular weight is 418 g/mol. The second kappa shape index (κ2) is 8.91. The van der Waals surface area contributed by atoms with Crippen LogP contribution in [0, 0.1) is 0 Å². The van der Waals surface area contributed by atoms with Crippen LogP contribution in [-0.4, -0.2) is 29.3 Å². The number of amides is 1. The first kappa shape index (κ1) is 19.9. The number of carbonyl (C=O) groups excluding carboxylic acids is 1. The Hall–Kier alpha value is -2.83. The number of ether oxygens (including phenoxy) is 1. The molecule has 1 heterocycles. The van der Waals surface area contributed by atoms with Crippen LogP contribution in [0.4, 0.5) is 0 Å². The molecular formula is C20H17Cl2N3O3. The van der Waals surface area contributed by atoms with Crippen LogP contribution in [-0.2, 0) is 6.54 Å². The molecule has 0 spiro atoms. The zero-order chi connectivity index (χ0) is 20.1. The number of rotatable bonds is 6. The molecule has 0 saturated carbocycles. The van der Waals surface area contributed by atoms with Crippen LogP contribution < -0.4 is 15.6 Å². The third kappa shape index (κ3) is 4.71. The highest BCUT2D eigenvalue weighted by molar-refractivity contribution is 6.31. The highest BCUT2D eigenvalue weighted by atomic mass is 35.5. The van der Waals surface area contributed by atoms with E-state index in [-0.39, 0.29) is 24.6 Å². The molecule has 1 N–H and O–H groups in total. The number of halogens is 2. The van der Waals surface area contributed by atoms with Crippen molar-refractivity contribution in [3.8, 4) is 17.0 Å². The number of carbonyl (C=O) groups is 1. The predicted octanol–water partition coefficient (Wildman–Crippen LogP) is 3.66. The second-order valence-electron chi connectivity index (χ2n) is 5.89. The van der Waals surface area contributed by atoms with E-state index in [1.165, 1.54) is 23.9 Å². The van der Waals surface area contributed by atoms with E-state index >= 15 is 0 Å². The fourth-order valence-corrected chi connectivity index (χ4v) is 2.91. The molecule has 1 aromatic heterocycles. The molecule has 0 aliphatic rings. The molecule has 0 aliphatic carbocycles. The topological polar surface area (TPSA) is 73.2 Å². The molecule has 1 amide bonds. The lowest BCUT2D eigenvalue weighted by atomic mass is 10.1. The Labute approximate surface area is 171 Å². The number of aromatic nitrogens is 2. The first-order chi connectivity index (χ1) is 13.5. The number of hydrogen-bond acceptors (Lipinski definition) is 4. The Morgan fingerprint density at radius 1 is 1.07 bits per heavy atom. The Balaban J connectivity index is 1.70. The number of nitrogens with zero attached hydrogens (tertiary/aromatic N) is 2. The molecule has 0 unspecified atom stereocenters. The second-order valence-corrected chi connectivity index (χ2v) is 6.76. The van der Waals surface area contributed by atoms with Crippen molar-refractivity contribution in [3.05, 3.63) is 80.6 Å². The standard InChI is InChI=1S/C20H17Cl2N3O3/c1-28-18-8-6-15(22)12-16(18)20(27)23-10-11-25-19(26)9-7-17(24-25)13-2-4-14(21)5-3-13/h2-9,12H,10-11H2,1H3,(H,23,27). The summed E-state index contributed by atoms with van der Waals surface area (Å²) in [7, 11) is 1.48. The lowest BCUT2D eigenvalue weighted by molar-refractivity contribution is 0.0948. The smallest absolute Gasteiger partial charge is 0.266 e. The molecule has 3 aromatic rings. The largest absolute Gasteiger partial charge is 0.496 e. The van der Waals surface area contributed by atoms with Gasteiger partial charge in [-0.25, -0.2) is 4.68 Å². The maximum atomic E-state index is 12.4. The van der Waals surface area contributed by atoms with Crippen LogP contribution in [0.5, 0.6) is 5.75 Å². The molecule has 28 heavy (non-hydrogen) atoms. The minimum Gasteiger partial charge on any atom is -0.496 e. The van der Waals surface area contributed by atoms with Crippen LogP contribution >= 0.6 is 23.2 Å². The molecule has 8 heteroatoms. The van der Waals surface area contributed by atoms with Gasteiger partial charge in [0.05, 0.1) is 24.9 Å². The van der Waals surface area contributed by atoms with E-state index in [0.29, 0.717) is 27.1 Å². The molecule has 3 rings (SSSR count). The summed E-state index contributed by atoms with van der Waals surface area (Å²) < 4.78 is 6.49. The fraction of sp³-hybridized carbons (Fsp3) is 0.150. The van der Waals surface area contributed by atoms with Gasteiger partial charge in [-0.15, -0.1) is 0 Å². The molecule has 144 valence electrons. The van der Waals surface area contributed by atoms with Crippen molar-refractivity contribution in [1.29, 1.82) is 0 Å². The number of benzene rings is 2. The number of hydrogen-bond donors (Lipinski definition) is 1. The van der Waals surface area contributed by atoms with Crippen molar-refractivity contribution in [1.82, 2.24) is 15.1 Å². The molecule has 0 radical (unpaired) electrons. The maximum Gasteiger partial charge on any atom is 0.266 e. The van der Waals surface area contributed by atoms with E-state index < -0.39 is 0 Å². The maximum absolute atomic E-state index is 12.4. The quantitative estimate of drug-likeness (QED) is 0.663. The summed E-state index contributed by atoms with van der Waals surface area (Å²) in [5, 5.41) is 8.15. The van der Waals surface area contributed by atoms with E-state index in [4.69, 9.17) is 27.9 Å². The van der Waals surface area contributed by atoms with Crippen molar-refractivity contribution in [3.63, 3.8) is 0 Å². The van der Waals surface area contributed by atoms with Crippen molar-refractivity contribution >= 4 is 29.1 Å². The number of methoxy groups -OCH3 is 1. The third-order valence-electron chi connectivity index (χ3n) is 4.02. The minimum atomic E-state index is -0.346. The summed E-state index contributed by atoms with van der Waals surface area (Å²) in [4.78, 5) is 24.5. The molecule has 0 atom stereocenters. The Morgan fingerprint density at radius 3 is 2.50 bits per heavy atom. The lowest BCUT2D eigenvalue weighted by Crippen LogP contribution is -2.32. The van der Waals surface area contributed by atoms with E-state index in [1.807, 2.05) is 12.1 Å². The molecule has 0 aliphatic heterocycles. The Bertz CT molecular complexity index is 1050. The van der Waals surface area contributed by atoms with Gasteiger partial charge in [-0.2, -0.15) is 5.10 Å². The fourth-order valence-electron chi connectivity index (χ4n) is 2.61. The van der Waals surface area contributed by atoms with Gasteiger partial charge in [-0.05, 0) is 36.4 Å². The van der Waals surface area contributed by atoms with Gasteiger partial charge in [-0.1, -0.05) is 35.3 Å². The normalized spacial score (nSPS) is 10.5. The van der Waals surface area contributed by atoms with Gasteiger partial charge in [0.2, 0.25) is 0 Å². The van der Waals surface area contributed by atoms with Gasteiger partial charge in [0, 0.05) is 28.2 Å². The van der Waals surface area contributed by atoms with Crippen LogP contribution in [0.25, 0.3) is 11.3 Å². The summed E-state index contributed by atoms with van der Waals surface area (Å²) in [6.45, 7) is 0.431. The molecule has 0 saturated heterocycles. The molecule has 6 nitrogen and oxygen atoms in total. The minimum absolute atomic E-state index is 0.214. The summed E-state index contributed by atoms with van der Waals surface area (Å²) in [5.74, 6) is 0.0724. The SMILES string of the molecule is COc1ccc(Cl)cc1C(=O)NCCn1nc(-c2ccc(Cl)cc2)ccc1=O. The van der Waals surface area contributed by atoms with Crippen LogP contribution in [0.2, 0.25) is 10.0 Å². The van der Waals surface area contributed by atoms with E-state index in [1.54, 1.807) is 30.3 Å². The van der Waals surface area contributed by atoms with Gasteiger partial charge >= 0.3 is 0 Å². The molecular weight excluding hydrogens is 401 g/mol. The first-order valence-electron chi connectivity index (χ1n) is 8.44. The molecule has 2 aromatic carbocycles. The summed E-state index contributed by atoms with van der Waals surface area (Å²) in [6, 6.07) is 15.1. The average Bonchev–Trinajstić information content (AvgIpc) is 2.70. The van der Waals surface area contributed by atoms with E-state index in [9.17, 15) is 9.59 Å². The van der Waals surface area contributed by atoms with Gasteiger partial charge < -0.3 is 10.1 Å². The first-order valence-corrected chi connectivity index (χ1v) is 9.19. The molecule has 0 fully saturated rings. The zero-order valence-electron chi connectivity index (χ0n) is 15.0. The van der Waals surface area contributed by atoms with Crippen LogP contribution in [0.3, 0.4) is 0 Å². The van der Waals surface area contributed by atoms with E-state index in [0.717, 1.165) is 5.56 Å². The van der Waals surface area contributed by atoms with Crippen molar-refractivity contribution in [2.45, 2.75) is 6.54 Å². The zero-order valence-corrected chi connectivity index (χ0v) is 16.5. The number of nitrogens with one attached hydrogen (secondary N) is 1. The summed E-state index contributed by atoms with van der Waals surface area (Å²) >= 11 is 11.9. The van der Waals surface area contributed by atoms with Gasteiger partial charge in [-0.3, -0.25) is 9.59 Å². The van der Waals surface area contributed by atoms with Crippen molar-refractivity contribution < 1.29 is 9.53 Å². The molecule has 0 bridgehead atoms. The lowest BCUT2D eigenvalue weighted by Gasteiger charge is -2.11. The van der Waals surface area contributed by atoms with Gasteiger partial charge in [0.15, 0.2) is 0 Å². The summed E-state index contributed by atoms with van der Waals surface area (Å²) in [5.41, 5.74) is 1.54. The van der Waals surface area contributed by atoms with Crippen LogP contribution in [0.1, 0.15) is 10.4 Å². The van der Waals surface area contributed by atoms with E-state index in [2.05, 4.69) is 10.4 Å². The highest BCUT2D eigenvalue weighted by Crippen LogP contribution is 2.22. The third-order valence-corrected chi connectivity index (χ3v) is 4.51. The van der Waals surface area contributed by atoms with Gasteiger partial charge in [0.25, 0.3) is 11.5 Å².